The van der Waals surface area contributed by atoms with Crippen LogP contribution in [0.5, 0.6) is 0 Å². The summed E-state index contributed by atoms with van der Waals surface area (Å²) in [5.74, 6) is 1.39. The number of morpholine rings is 1. The molecule has 23 heavy (non-hydrogen) atoms. The number of sulfonamides is 1. The highest BCUT2D eigenvalue weighted by Crippen LogP contribution is 2.19. The number of ether oxygens (including phenoxy) is 1. The third-order valence-corrected chi connectivity index (χ3v) is 5.11. The van der Waals surface area contributed by atoms with Gasteiger partial charge in [-0.2, -0.15) is 9.29 Å². The van der Waals surface area contributed by atoms with Gasteiger partial charge in [0.2, 0.25) is 16.0 Å². The molecule has 9 heteroatoms. The second kappa shape index (κ2) is 6.98. The lowest BCUT2D eigenvalue weighted by atomic mass is 10.2. The van der Waals surface area contributed by atoms with E-state index in [1.54, 1.807) is 0 Å². The van der Waals surface area contributed by atoms with Crippen LogP contribution < -0.4 is 10.2 Å². The Hall–Kier alpha value is -1.45. The normalized spacial score (nSPS) is 19.6. The summed E-state index contributed by atoms with van der Waals surface area (Å²) >= 11 is 0. The van der Waals surface area contributed by atoms with Crippen molar-refractivity contribution < 1.29 is 13.2 Å². The van der Waals surface area contributed by atoms with Crippen LogP contribution in [0.4, 0.5) is 11.8 Å². The summed E-state index contributed by atoms with van der Waals surface area (Å²) < 4.78 is 30.4. The van der Waals surface area contributed by atoms with Gasteiger partial charge >= 0.3 is 0 Å². The molecule has 0 unspecified atom stereocenters. The Labute approximate surface area is 137 Å². The van der Waals surface area contributed by atoms with E-state index in [1.165, 1.54) is 10.6 Å². The fraction of sp³-hybridized carbons (Fsp3) is 0.714. The van der Waals surface area contributed by atoms with Gasteiger partial charge in [0.15, 0.2) is 0 Å². The molecule has 1 aromatic heterocycles. The van der Waals surface area contributed by atoms with E-state index in [1.807, 2.05) is 32.8 Å². The molecule has 0 amide bonds. The molecule has 130 valence electrons. The fourth-order valence-electron chi connectivity index (χ4n) is 2.31. The maximum absolute atomic E-state index is 11.6. The predicted molar refractivity (Wildman–Crippen MR) is 90.5 cm³/mol. The van der Waals surface area contributed by atoms with Crippen LogP contribution in [0.25, 0.3) is 0 Å². The smallest absolute Gasteiger partial charge is 0.227 e. The molecule has 1 aliphatic rings. The number of hydrogen-bond acceptors (Lipinski definition) is 7. The molecule has 0 radical (unpaired) electrons. The molecule has 1 aliphatic heterocycles. The van der Waals surface area contributed by atoms with E-state index in [0.717, 1.165) is 17.1 Å². The SMILES string of the molecule is Cc1nc(N(C)C)nc(NC[C@@H]2CN(S(C)(=O)=O)CCO2)c1C. The van der Waals surface area contributed by atoms with E-state index in [4.69, 9.17) is 4.74 Å². The van der Waals surface area contributed by atoms with Crippen LogP contribution in [-0.4, -0.2) is 75.4 Å². The average Bonchev–Trinajstić information content (AvgIpc) is 2.48. The van der Waals surface area contributed by atoms with Crippen LogP contribution in [0, 0.1) is 13.8 Å². The molecule has 0 spiro atoms. The van der Waals surface area contributed by atoms with Crippen molar-refractivity contribution in [3.8, 4) is 0 Å². The van der Waals surface area contributed by atoms with Crippen LogP contribution >= 0.6 is 0 Å². The average molecular weight is 343 g/mol. The van der Waals surface area contributed by atoms with Crippen molar-refractivity contribution in [2.75, 3.05) is 56.8 Å². The minimum atomic E-state index is -3.18. The Bertz CT molecular complexity index is 663. The predicted octanol–water partition coefficient (Wildman–Crippen LogP) is 0.232. The molecule has 8 nitrogen and oxygen atoms in total. The van der Waals surface area contributed by atoms with Crippen LogP contribution in [0.1, 0.15) is 11.3 Å². The first-order valence-corrected chi connectivity index (χ1v) is 9.36. The summed E-state index contributed by atoms with van der Waals surface area (Å²) in [6, 6.07) is 0. The monoisotopic (exact) mass is 343 g/mol. The molecule has 2 rings (SSSR count). The van der Waals surface area contributed by atoms with Crippen molar-refractivity contribution in [3.05, 3.63) is 11.3 Å². The largest absolute Gasteiger partial charge is 0.374 e. The number of nitrogens with one attached hydrogen (secondary N) is 1. The zero-order valence-electron chi connectivity index (χ0n) is 14.3. The topological polar surface area (TPSA) is 87.7 Å². The molecule has 1 fully saturated rings. The highest BCUT2D eigenvalue weighted by Gasteiger charge is 2.26. The molecule has 1 N–H and O–H groups in total. The van der Waals surface area contributed by atoms with Crippen LogP contribution in [-0.2, 0) is 14.8 Å². The number of aryl methyl sites for hydroxylation is 1. The zero-order valence-corrected chi connectivity index (χ0v) is 15.1. The van der Waals surface area contributed by atoms with Gasteiger partial charge in [-0.1, -0.05) is 0 Å². The lowest BCUT2D eigenvalue weighted by molar-refractivity contribution is 0.00700. The third-order valence-electron chi connectivity index (χ3n) is 3.85. The van der Waals surface area contributed by atoms with E-state index in [2.05, 4.69) is 15.3 Å². The number of aromatic nitrogens is 2. The van der Waals surface area contributed by atoms with E-state index in [0.29, 0.717) is 32.2 Å². The molecule has 0 saturated carbocycles. The molecule has 2 heterocycles. The van der Waals surface area contributed by atoms with Crippen LogP contribution in [0.15, 0.2) is 0 Å². The second-order valence-corrected chi connectivity index (χ2v) is 7.95. The van der Waals surface area contributed by atoms with Crippen molar-refractivity contribution in [3.63, 3.8) is 0 Å². The highest BCUT2D eigenvalue weighted by molar-refractivity contribution is 7.88. The van der Waals surface area contributed by atoms with Crippen molar-refractivity contribution >= 4 is 21.8 Å². The third kappa shape index (κ3) is 4.52. The second-order valence-electron chi connectivity index (χ2n) is 5.97. The molecule has 1 aromatic rings. The molecular weight excluding hydrogens is 318 g/mol. The Morgan fingerprint density at radius 3 is 2.65 bits per heavy atom. The fourth-order valence-corrected chi connectivity index (χ4v) is 3.16. The quantitative estimate of drug-likeness (QED) is 0.819. The van der Waals surface area contributed by atoms with Gasteiger partial charge in [0.25, 0.3) is 0 Å². The van der Waals surface area contributed by atoms with Crippen molar-refractivity contribution in [1.29, 1.82) is 0 Å². The van der Waals surface area contributed by atoms with Gasteiger partial charge in [0, 0.05) is 45.0 Å². The van der Waals surface area contributed by atoms with Crippen molar-refractivity contribution in [2.24, 2.45) is 0 Å². The Morgan fingerprint density at radius 1 is 1.35 bits per heavy atom. The van der Waals surface area contributed by atoms with Crippen molar-refractivity contribution in [2.45, 2.75) is 20.0 Å². The maximum Gasteiger partial charge on any atom is 0.227 e. The van der Waals surface area contributed by atoms with Gasteiger partial charge in [-0.3, -0.25) is 0 Å². The van der Waals surface area contributed by atoms with E-state index < -0.39 is 10.0 Å². The summed E-state index contributed by atoms with van der Waals surface area (Å²) in [4.78, 5) is 10.8. The summed E-state index contributed by atoms with van der Waals surface area (Å²) in [5, 5.41) is 3.27. The van der Waals surface area contributed by atoms with Gasteiger partial charge in [-0.25, -0.2) is 13.4 Å². The van der Waals surface area contributed by atoms with Gasteiger partial charge < -0.3 is 15.0 Å². The van der Waals surface area contributed by atoms with Gasteiger partial charge in [-0.05, 0) is 13.8 Å². The molecule has 1 atom stereocenters. The molecule has 0 bridgehead atoms. The number of nitrogens with zero attached hydrogens (tertiary/aromatic N) is 4. The van der Waals surface area contributed by atoms with E-state index in [-0.39, 0.29) is 6.10 Å². The lowest BCUT2D eigenvalue weighted by Crippen LogP contribution is -2.47. The first-order valence-electron chi connectivity index (χ1n) is 7.51. The first-order chi connectivity index (χ1) is 10.7. The number of anilines is 2. The van der Waals surface area contributed by atoms with E-state index >= 15 is 0 Å². The minimum Gasteiger partial charge on any atom is -0.374 e. The number of rotatable bonds is 5. The zero-order chi connectivity index (χ0) is 17.2. The van der Waals surface area contributed by atoms with Crippen molar-refractivity contribution in [1.82, 2.24) is 14.3 Å². The van der Waals surface area contributed by atoms with Gasteiger partial charge in [0.05, 0.1) is 19.0 Å². The van der Waals surface area contributed by atoms with Crippen LogP contribution in [0.3, 0.4) is 0 Å². The molecular formula is C14H25N5O3S. The standard InChI is InChI=1S/C14H25N5O3S/c1-10-11(2)16-14(18(3)4)17-13(10)15-8-12-9-19(6-7-22-12)23(5,20)21/h12H,6-9H2,1-5H3,(H,15,16,17)/t12-/m1/s1. The van der Waals surface area contributed by atoms with Gasteiger partial charge in [-0.15, -0.1) is 0 Å². The summed E-state index contributed by atoms with van der Waals surface area (Å²) in [7, 11) is 0.601. The van der Waals surface area contributed by atoms with Gasteiger partial charge in [0.1, 0.15) is 5.82 Å². The molecule has 0 aliphatic carbocycles. The maximum atomic E-state index is 11.6. The Balaban J connectivity index is 2.06. The number of hydrogen-bond donors (Lipinski definition) is 1. The molecule has 0 aromatic carbocycles. The van der Waals surface area contributed by atoms with E-state index in [9.17, 15) is 8.42 Å². The Morgan fingerprint density at radius 2 is 2.04 bits per heavy atom. The summed E-state index contributed by atoms with van der Waals surface area (Å²) in [6.45, 7) is 5.57. The van der Waals surface area contributed by atoms with Crippen LogP contribution in [0.2, 0.25) is 0 Å². The first kappa shape index (κ1) is 17.9. The molecule has 1 saturated heterocycles. The lowest BCUT2D eigenvalue weighted by Gasteiger charge is -2.31. The highest BCUT2D eigenvalue weighted by atomic mass is 32.2. The summed E-state index contributed by atoms with van der Waals surface area (Å²) in [5.41, 5.74) is 1.89. The minimum absolute atomic E-state index is 0.198. The summed E-state index contributed by atoms with van der Waals surface area (Å²) in [6.07, 6.45) is 1.03. The Kier molecular flexibility index (Phi) is 5.43.